The first-order valence-corrected chi connectivity index (χ1v) is 7.42. The molecule has 0 bridgehead atoms. The Morgan fingerprint density at radius 2 is 2.12 bits per heavy atom. The molecule has 1 rings (SSSR count). The zero-order valence-electron chi connectivity index (χ0n) is 9.08. The molecular formula is C10H12Cl2FNO2S. The monoisotopic (exact) mass is 299 g/mol. The maximum atomic E-state index is 12.8. The minimum Gasteiger partial charge on any atom is -0.282 e. The first-order chi connectivity index (χ1) is 7.84. The fourth-order valence-corrected chi connectivity index (χ4v) is 3.17. The number of alkyl halides is 1. The number of halogens is 3. The molecule has 17 heavy (non-hydrogen) atoms. The van der Waals surface area contributed by atoms with Gasteiger partial charge in [0.15, 0.2) is 0 Å². The lowest BCUT2D eigenvalue weighted by Gasteiger charge is -2.12. The minimum atomic E-state index is -3.52. The van der Waals surface area contributed by atoms with Crippen molar-refractivity contribution in [2.75, 3.05) is 16.4 Å². The Hall–Kier alpha value is -0.520. The van der Waals surface area contributed by atoms with Crippen molar-refractivity contribution >= 4 is 38.9 Å². The van der Waals surface area contributed by atoms with Gasteiger partial charge in [-0.05, 0) is 24.1 Å². The summed E-state index contributed by atoms with van der Waals surface area (Å²) in [6, 6.07) is 3.46. The highest BCUT2D eigenvalue weighted by Gasteiger charge is 2.16. The average Bonchev–Trinajstić information content (AvgIpc) is 2.21. The van der Waals surface area contributed by atoms with Gasteiger partial charge in [0.1, 0.15) is 5.82 Å². The van der Waals surface area contributed by atoms with Crippen LogP contribution in [0.25, 0.3) is 0 Å². The molecule has 0 aliphatic carbocycles. The zero-order valence-corrected chi connectivity index (χ0v) is 11.4. The van der Waals surface area contributed by atoms with Gasteiger partial charge in [-0.15, -0.1) is 11.6 Å². The van der Waals surface area contributed by atoms with Gasteiger partial charge < -0.3 is 0 Å². The summed E-state index contributed by atoms with van der Waals surface area (Å²) in [4.78, 5) is 0. The third kappa shape index (κ3) is 4.69. The summed E-state index contributed by atoms with van der Waals surface area (Å²) in [5, 5.41) is 0.0205. The summed E-state index contributed by atoms with van der Waals surface area (Å²) in [6.07, 6.45) is 0. The van der Waals surface area contributed by atoms with Gasteiger partial charge in [0.05, 0.1) is 16.5 Å². The van der Waals surface area contributed by atoms with Crippen LogP contribution in [0.3, 0.4) is 0 Å². The van der Waals surface area contributed by atoms with Crippen molar-refractivity contribution in [2.45, 2.75) is 6.92 Å². The Kier molecular flexibility index (Phi) is 5.04. The Morgan fingerprint density at radius 3 is 2.65 bits per heavy atom. The summed E-state index contributed by atoms with van der Waals surface area (Å²) >= 11 is 11.3. The van der Waals surface area contributed by atoms with Gasteiger partial charge in [-0.2, -0.15) is 0 Å². The van der Waals surface area contributed by atoms with Gasteiger partial charge in [0, 0.05) is 5.88 Å². The molecule has 0 spiro atoms. The number of hydrogen-bond acceptors (Lipinski definition) is 2. The molecule has 0 amide bonds. The summed E-state index contributed by atoms with van der Waals surface area (Å²) < 4.78 is 38.4. The molecule has 0 heterocycles. The summed E-state index contributed by atoms with van der Waals surface area (Å²) in [6.45, 7) is 1.72. The third-order valence-corrected chi connectivity index (χ3v) is 4.34. The lowest BCUT2D eigenvalue weighted by Crippen LogP contribution is -2.22. The van der Waals surface area contributed by atoms with Gasteiger partial charge in [-0.3, -0.25) is 4.72 Å². The van der Waals surface area contributed by atoms with E-state index < -0.39 is 15.8 Å². The molecule has 0 aromatic heterocycles. The van der Waals surface area contributed by atoms with E-state index in [4.69, 9.17) is 23.2 Å². The number of benzene rings is 1. The number of anilines is 1. The van der Waals surface area contributed by atoms with E-state index in [0.717, 1.165) is 12.1 Å². The molecule has 0 fully saturated rings. The molecule has 0 saturated carbocycles. The van der Waals surface area contributed by atoms with Crippen molar-refractivity contribution in [3.8, 4) is 0 Å². The molecule has 1 aromatic carbocycles. The van der Waals surface area contributed by atoms with Crippen LogP contribution in [-0.2, 0) is 10.0 Å². The highest BCUT2D eigenvalue weighted by atomic mass is 35.5. The first kappa shape index (κ1) is 14.5. The molecular weight excluding hydrogens is 288 g/mol. The van der Waals surface area contributed by atoms with Crippen LogP contribution in [0.5, 0.6) is 0 Å². The van der Waals surface area contributed by atoms with Crippen LogP contribution in [-0.4, -0.2) is 20.1 Å². The van der Waals surface area contributed by atoms with Crippen molar-refractivity contribution in [3.05, 3.63) is 29.0 Å². The van der Waals surface area contributed by atoms with Crippen molar-refractivity contribution in [1.82, 2.24) is 0 Å². The van der Waals surface area contributed by atoms with Crippen molar-refractivity contribution in [3.63, 3.8) is 0 Å². The minimum absolute atomic E-state index is 0.0205. The van der Waals surface area contributed by atoms with Gasteiger partial charge in [-0.25, -0.2) is 12.8 Å². The highest BCUT2D eigenvalue weighted by molar-refractivity contribution is 7.92. The second-order valence-electron chi connectivity index (χ2n) is 3.77. The predicted molar refractivity (Wildman–Crippen MR) is 68.7 cm³/mol. The zero-order chi connectivity index (χ0) is 13.1. The fourth-order valence-electron chi connectivity index (χ4n) is 1.20. The molecule has 3 nitrogen and oxygen atoms in total. The Bertz CT molecular complexity index is 493. The lowest BCUT2D eigenvalue weighted by molar-refractivity contribution is 0.588. The van der Waals surface area contributed by atoms with E-state index in [1.54, 1.807) is 6.92 Å². The van der Waals surface area contributed by atoms with Gasteiger partial charge in [0.2, 0.25) is 10.0 Å². The van der Waals surface area contributed by atoms with E-state index >= 15 is 0 Å². The molecule has 0 radical (unpaired) electrons. The lowest BCUT2D eigenvalue weighted by atomic mass is 10.3. The molecule has 96 valence electrons. The van der Waals surface area contributed by atoms with Gasteiger partial charge in [-0.1, -0.05) is 18.5 Å². The van der Waals surface area contributed by atoms with Crippen molar-refractivity contribution in [2.24, 2.45) is 5.92 Å². The number of rotatable bonds is 5. The average molecular weight is 300 g/mol. The smallest absolute Gasteiger partial charge is 0.233 e. The van der Waals surface area contributed by atoms with E-state index in [1.807, 2.05) is 0 Å². The quantitative estimate of drug-likeness (QED) is 0.849. The number of hydrogen-bond donors (Lipinski definition) is 1. The Balaban J connectivity index is 2.83. The van der Waals surface area contributed by atoms with Crippen LogP contribution in [0.15, 0.2) is 18.2 Å². The van der Waals surface area contributed by atoms with Crippen molar-refractivity contribution < 1.29 is 12.8 Å². The van der Waals surface area contributed by atoms with E-state index in [9.17, 15) is 12.8 Å². The Labute approximate surface area is 110 Å². The van der Waals surface area contributed by atoms with Crippen LogP contribution < -0.4 is 4.72 Å². The molecule has 0 saturated heterocycles. The van der Waals surface area contributed by atoms with Crippen LogP contribution in [0, 0.1) is 11.7 Å². The number of sulfonamides is 1. The second-order valence-corrected chi connectivity index (χ2v) is 6.25. The SMILES string of the molecule is CC(CCl)CS(=O)(=O)Nc1ccc(F)cc1Cl. The van der Waals surface area contributed by atoms with Crippen LogP contribution >= 0.6 is 23.2 Å². The molecule has 1 aromatic rings. The van der Waals surface area contributed by atoms with Gasteiger partial charge in [0.25, 0.3) is 0 Å². The standard InChI is InChI=1S/C10H12Cl2FNO2S/c1-7(5-11)6-17(15,16)14-10-3-2-8(13)4-9(10)12/h2-4,7,14H,5-6H2,1H3. The third-order valence-electron chi connectivity index (χ3n) is 1.96. The topological polar surface area (TPSA) is 46.2 Å². The highest BCUT2D eigenvalue weighted by Crippen LogP contribution is 2.23. The summed E-state index contributed by atoms with van der Waals surface area (Å²) in [5.41, 5.74) is 0.162. The molecule has 1 unspecified atom stereocenters. The molecule has 1 atom stereocenters. The van der Waals surface area contributed by atoms with Crippen molar-refractivity contribution in [1.29, 1.82) is 0 Å². The Morgan fingerprint density at radius 1 is 1.47 bits per heavy atom. The summed E-state index contributed by atoms with van der Waals surface area (Å²) in [5.74, 6) is -0.553. The molecule has 7 heteroatoms. The largest absolute Gasteiger partial charge is 0.282 e. The predicted octanol–water partition coefficient (Wildman–Crippen LogP) is 3.10. The maximum Gasteiger partial charge on any atom is 0.233 e. The normalized spacial score (nSPS) is 13.4. The van der Waals surface area contributed by atoms with Gasteiger partial charge >= 0.3 is 0 Å². The van der Waals surface area contributed by atoms with Crippen LogP contribution in [0.1, 0.15) is 6.92 Å². The first-order valence-electron chi connectivity index (χ1n) is 4.85. The number of nitrogens with one attached hydrogen (secondary N) is 1. The van der Waals surface area contributed by atoms with E-state index in [2.05, 4.69) is 4.72 Å². The molecule has 0 aliphatic heterocycles. The second kappa shape index (κ2) is 5.89. The molecule has 0 aliphatic rings. The summed E-state index contributed by atoms with van der Waals surface area (Å²) in [7, 11) is -3.52. The van der Waals surface area contributed by atoms with Crippen LogP contribution in [0.2, 0.25) is 5.02 Å². The molecule has 1 N–H and O–H groups in total. The van der Waals surface area contributed by atoms with E-state index in [0.29, 0.717) is 0 Å². The maximum absolute atomic E-state index is 12.8. The van der Waals surface area contributed by atoms with E-state index in [-0.39, 0.29) is 28.3 Å². The van der Waals surface area contributed by atoms with E-state index in [1.165, 1.54) is 6.07 Å². The fraction of sp³-hybridized carbons (Fsp3) is 0.400. The van der Waals surface area contributed by atoms with Crippen LogP contribution in [0.4, 0.5) is 10.1 Å².